The van der Waals surface area contributed by atoms with E-state index >= 15 is 0 Å². The van der Waals surface area contributed by atoms with Crippen molar-refractivity contribution in [2.75, 3.05) is 38.6 Å². The maximum Gasteiger partial charge on any atom is 0.321 e. The number of methoxy groups -OCH3 is 1. The van der Waals surface area contributed by atoms with E-state index in [1.165, 1.54) is 5.56 Å². The molecule has 200 valence electrons. The summed E-state index contributed by atoms with van der Waals surface area (Å²) in [5.41, 5.74) is 4.03. The molecule has 3 heterocycles. The SMILES string of the molecule is COc1ccc(-c2noc(CCC(=O)N3CCC4(CCN(C(=O)Nc5ccc(C)cc5C)CC4)C3)n2)cc1. The van der Waals surface area contributed by atoms with Gasteiger partial charge in [-0.05, 0) is 74.4 Å². The van der Waals surface area contributed by atoms with Gasteiger partial charge in [-0.2, -0.15) is 4.98 Å². The summed E-state index contributed by atoms with van der Waals surface area (Å²) in [6.45, 7) is 6.97. The van der Waals surface area contributed by atoms with Crippen LogP contribution in [0.2, 0.25) is 0 Å². The zero-order valence-electron chi connectivity index (χ0n) is 22.3. The highest BCUT2D eigenvalue weighted by Gasteiger charge is 2.42. The number of rotatable bonds is 6. The molecule has 0 aliphatic carbocycles. The summed E-state index contributed by atoms with van der Waals surface area (Å²) in [6, 6.07) is 13.4. The van der Waals surface area contributed by atoms with Gasteiger partial charge in [0.2, 0.25) is 17.6 Å². The summed E-state index contributed by atoms with van der Waals surface area (Å²) in [4.78, 5) is 34.1. The number of ether oxygens (including phenoxy) is 1. The van der Waals surface area contributed by atoms with Crippen molar-refractivity contribution in [3.63, 3.8) is 0 Å². The van der Waals surface area contributed by atoms with Crippen LogP contribution >= 0.6 is 0 Å². The van der Waals surface area contributed by atoms with Crippen molar-refractivity contribution in [1.29, 1.82) is 0 Å². The number of anilines is 1. The van der Waals surface area contributed by atoms with Crippen molar-refractivity contribution in [2.45, 2.75) is 46.0 Å². The second-order valence-corrected chi connectivity index (χ2v) is 10.5. The van der Waals surface area contributed by atoms with E-state index < -0.39 is 0 Å². The van der Waals surface area contributed by atoms with Gasteiger partial charge in [0.05, 0.1) is 7.11 Å². The van der Waals surface area contributed by atoms with Crippen LogP contribution in [0.3, 0.4) is 0 Å². The molecular weight excluding hydrogens is 482 g/mol. The summed E-state index contributed by atoms with van der Waals surface area (Å²) in [5, 5.41) is 7.11. The van der Waals surface area contributed by atoms with Gasteiger partial charge in [0.25, 0.3) is 0 Å². The van der Waals surface area contributed by atoms with Gasteiger partial charge in [-0.15, -0.1) is 0 Å². The first-order chi connectivity index (χ1) is 18.3. The zero-order chi connectivity index (χ0) is 26.7. The summed E-state index contributed by atoms with van der Waals surface area (Å²) < 4.78 is 10.6. The van der Waals surface area contributed by atoms with E-state index in [1.807, 2.05) is 60.0 Å². The Kier molecular flexibility index (Phi) is 7.35. The first-order valence-corrected chi connectivity index (χ1v) is 13.2. The van der Waals surface area contributed by atoms with Crippen LogP contribution in [0.25, 0.3) is 11.4 Å². The summed E-state index contributed by atoms with van der Waals surface area (Å²) in [5.74, 6) is 1.84. The monoisotopic (exact) mass is 517 g/mol. The number of carbonyl (C=O) groups is 2. The van der Waals surface area contributed by atoms with Crippen LogP contribution in [0, 0.1) is 19.3 Å². The highest BCUT2D eigenvalue weighted by atomic mass is 16.5. The quantitative estimate of drug-likeness (QED) is 0.502. The number of piperidine rings is 1. The van der Waals surface area contributed by atoms with Crippen molar-refractivity contribution >= 4 is 17.6 Å². The second kappa shape index (κ2) is 10.8. The molecule has 0 atom stereocenters. The van der Waals surface area contributed by atoms with Crippen LogP contribution in [0.4, 0.5) is 10.5 Å². The minimum Gasteiger partial charge on any atom is -0.497 e. The Morgan fingerprint density at radius 2 is 1.74 bits per heavy atom. The third kappa shape index (κ3) is 5.66. The minimum absolute atomic E-state index is 0.0497. The normalized spacial score (nSPS) is 16.6. The smallest absolute Gasteiger partial charge is 0.321 e. The molecule has 2 aromatic carbocycles. The van der Waals surface area contributed by atoms with Gasteiger partial charge in [0.1, 0.15) is 5.75 Å². The van der Waals surface area contributed by atoms with E-state index in [0.29, 0.717) is 37.6 Å². The number of hydrogen-bond acceptors (Lipinski definition) is 6. The first-order valence-electron chi connectivity index (χ1n) is 13.2. The number of nitrogens with zero attached hydrogens (tertiary/aromatic N) is 4. The lowest BCUT2D eigenvalue weighted by Gasteiger charge is -2.39. The van der Waals surface area contributed by atoms with Crippen molar-refractivity contribution in [3.8, 4) is 17.1 Å². The summed E-state index contributed by atoms with van der Waals surface area (Å²) >= 11 is 0. The molecule has 0 unspecified atom stereocenters. The molecule has 0 saturated carbocycles. The molecule has 2 aliphatic rings. The average Bonchev–Trinajstić information content (AvgIpc) is 3.57. The number of amides is 3. The molecule has 2 saturated heterocycles. The predicted octanol–water partition coefficient (Wildman–Crippen LogP) is 4.84. The fraction of sp³-hybridized carbons (Fsp3) is 0.448. The number of likely N-dealkylation sites (tertiary alicyclic amines) is 2. The standard InChI is InChI=1S/C29H35N5O4/c1-20-4-9-24(21(2)18-20)30-28(36)33-15-12-29(13-16-33)14-17-34(19-29)26(35)11-10-25-31-27(32-38-25)22-5-7-23(37-3)8-6-22/h4-9,18H,10-17,19H2,1-3H3,(H,30,36). The summed E-state index contributed by atoms with van der Waals surface area (Å²) in [6.07, 6.45) is 3.55. The molecule has 1 aromatic heterocycles. The Labute approximate surface area is 223 Å². The number of aromatic nitrogens is 2. The Morgan fingerprint density at radius 3 is 2.42 bits per heavy atom. The molecular formula is C29H35N5O4. The van der Waals surface area contributed by atoms with Crippen molar-refractivity contribution in [1.82, 2.24) is 19.9 Å². The molecule has 0 bridgehead atoms. The fourth-order valence-electron chi connectivity index (χ4n) is 5.47. The van der Waals surface area contributed by atoms with Gasteiger partial charge in [-0.25, -0.2) is 4.79 Å². The molecule has 9 nitrogen and oxygen atoms in total. The lowest BCUT2D eigenvalue weighted by molar-refractivity contribution is -0.130. The highest BCUT2D eigenvalue weighted by molar-refractivity contribution is 5.90. The van der Waals surface area contributed by atoms with Gasteiger partial charge in [-0.1, -0.05) is 22.9 Å². The number of benzene rings is 2. The van der Waals surface area contributed by atoms with Gasteiger partial charge in [0.15, 0.2) is 0 Å². The van der Waals surface area contributed by atoms with E-state index in [0.717, 1.165) is 54.9 Å². The topological polar surface area (TPSA) is 101 Å². The van der Waals surface area contributed by atoms with Crippen molar-refractivity contribution < 1.29 is 18.8 Å². The predicted molar refractivity (Wildman–Crippen MR) is 144 cm³/mol. The molecule has 3 amide bonds. The van der Waals surface area contributed by atoms with Gasteiger partial charge in [0, 0.05) is 50.3 Å². The number of urea groups is 1. The molecule has 0 radical (unpaired) electrons. The van der Waals surface area contributed by atoms with Crippen molar-refractivity contribution in [2.24, 2.45) is 5.41 Å². The largest absolute Gasteiger partial charge is 0.497 e. The van der Waals surface area contributed by atoms with E-state index in [4.69, 9.17) is 9.26 Å². The molecule has 3 aromatic rings. The van der Waals surface area contributed by atoms with E-state index in [1.54, 1.807) is 7.11 Å². The lowest BCUT2D eigenvalue weighted by Crippen LogP contribution is -2.46. The van der Waals surface area contributed by atoms with Crippen molar-refractivity contribution in [3.05, 3.63) is 59.5 Å². The molecule has 1 spiro atoms. The van der Waals surface area contributed by atoms with E-state index in [2.05, 4.69) is 21.5 Å². The molecule has 38 heavy (non-hydrogen) atoms. The molecule has 5 rings (SSSR count). The Bertz CT molecular complexity index is 1290. The van der Waals surface area contributed by atoms with E-state index in [-0.39, 0.29) is 17.4 Å². The highest BCUT2D eigenvalue weighted by Crippen LogP contribution is 2.40. The maximum atomic E-state index is 13.0. The summed E-state index contributed by atoms with van der Waals surface area (Å²) in [7, 11) is 1.62. The first kappa shape index (κ1) is 25.8. The number of aryl methyl sites for hydroxylation is 3. The molecule has 2 fully saturated rings. The van der Waals surface area contributed by atoms with Gasteiger partial charge in [-0.3, -0.25) is 4.79 Å². The Morgan fingerprint density at radius 1 is 1.03 bits per heavy atom. The second-order valence-electron chi connectivity index (χ2n) is 10.5. The maximum absolute atomic E-state index is 13.0. The van der Waals surface area contributed by atoms with Crippen LogP contribution in [0.5, 0.6) is 5.75 Å². The van der Waals surface area contributed by atoms with Crippen LogP contribution in [-0.4, -0.2) is 65.2 Å². The molecule has 2 aliphatic heterocycles. The average molecular weight is 518 g/mol. The van der Waals surface area contributed by atoms with Gasteiger partial charge < -0.3 is 24.4 Å². The zero-order valence-corrected chi connectivity index (χ0v) is 22.3. The number of hydrogen-bond donors (Lipinski definition) is 1. The van der Waals surface area contributed by atoms with Crippen LogP contribution < -0.4 is 10.1 Å². The van der Waals surface area contributed by atoms with E-state index in [9.17, 15) is 9.59 Å². The van der Waals surface area contributed by atoms with Crippen LogP contribution in [-0.2, 0) is 11.2 Å². The number of carbonyl (C=O) groups excluding carboxylic acids is 2. The Balaban J connectivity index is 1.09. The van der Waals surface area contributed by atoms with Gasteiger partial charge >= 0.3 is 6.03 Å². The minimum atomic E-state index is -0.0497. The molecule has 9 heteroatoms. The number of nitrogens with one attached hydrogen (secondary N) is 1. The third-order valence-corrected chi connectivity index (χ3v) is 7.89. The lowest BCUT2D eigenvalue weighted by atomic mass is 9.78. The molecule has 1 N–H and O–H groups in total. The third-order valence-electron chi connectivity index (χ3n) is 7.89. The Hall–Kier alpha value is -3.88. The van der Waals surface area contributed by atoms with Crippen LogP contribution in [0.1, 0.15) is 42.7 Å². The van der Waals surface area contributed by atoms with Crippen LogP contribution in [0.15, 0.2) is 47.0 Å². The fourth-order valence-corrected chi connectivity index (χ4v) is 5.47.